The summed E-state index contributed by atoms with van der Waals surface area (Å²) in [7, 11) is 2.71. The Morgan fingerprint density at radius 1 is 1.23 bits per heavy atom. The van der Waals surface area contributed by atoms with Gasteiger partial charge in [0, 0.05) is 24.4 Å². The van der Waals surface area contributed by atoms with Crippen LogP contribution < -0.4 is 5.43 Å². The SMILES string of the molecule is CCSc1oc2c(c1-c1ccccc1)c(=O)ccn2CCP. The second kappa shape index (κ2) is 6.72. The van der Waals surface area contributed by atoms with Crippen LogP contribution in [0.5, 0.6) is 0 Å². The lowest BCUT2D eigenvalue weighted by Crippen LogP contribution is -2.07. The first-order valence-electron chi connectivity index (χ1n) is 7.30. The van der Waals surface area contributed by atoms with E-state index in [0.29, 0.717) is 11.1 Å². The molecule has 5 heteroatoms. The number of thioether (sulfide) groups is 1. The molecule has 0 spiro atoms. The Kier molecular flexibility index (Phi) is 4.70. The molecule has 0 bridgehead atoms. The van der Waals surface area contributed by atoms with E-state index >= 15 is 0 Å². The zero-order chi connectivity index (χ0) is 15.5. The number of rotatable bonds is 5. The van der Waals surface area contributed by atoms with Gasteiger partial charge in [-0.25, -0.2) is 0 Å². The number of benzene rings is 1. The van der Waals surface area contributed by atoms with Crippen molar-refractivity contribution in [3.8, 4) is 11.1 Å². The third-order valence-corrected chi connectivity index (χ3v) is 4.57. The Labute approximate surface area is 135 Å². The number of hydrogen-bond donors (Lipinski definition) is 0. The van der Waals surface area contributed by atoms with Gasteiger partial charge in [0.15, 0.2) is 10.5 Å². The lowest BCUT2D eigenvalue weighted by atomic mass is 10.1. The normalized spacial score (nSPS) is 11.2. The van der Waals surface area contributed by atoms with E-state index in [1.54, 1.807) is 17.8 Å². The molecule has 3 nitrogen and oxygen atoms in total. The molecule has 1 unspecified atom stereocenters. The van der Waals surface area contributed by atoms with Gasteiger partial charge in [-0.3, -0.25) is 4.79 Å². The van der Waals surface area contributed by atoms with Crippen molar-refractivity contribution in [1.29, 1.82) is 0 Å². The topological polar surface area (TPSA) is 35.1 Å². The molecule has 0 saturated carbocycles. The fraction of sp³-hybridized carbons (Fsp3) is 0.235. The van der Waals surface area contributed by atoms with E-state index in [2.05, 4.69) is 16.2 Å². The standard InChI is InChI=1S/C17H18NO2PS/c1-2-22-17-14(12-6-4-3-5-7-12)15-13(19)8-9-18(10-11-21)16(15)20-17/h3-9H,2,10-11,21H2,1H3. The average molecular weight is 331 g/mol. The molecule has 0 saturated heterocycles. The van der Waals surface area contributed by atoms with E-state index in [1.807, 2.05) is 41.1 Å². The smallest absolute Gasteiger partial charge is 0.212 e. The molecular weight excluding hydrogens is 313 g/mol. The number of aromatic nitrogens is 1. The van der Waals surface area contributed by atoms with Gasteiger partial charge in [0.2, 0.25) is 5.71 Å². The number of pyridine rings is 1. The predicted octanol–water partition coefficient (Wildman–Crippen LogP) is 4.25. The van der Waals surface area contributed by atoms with Crippen LogP contribution in [0.3, 0.4) is 0 Å². The molecule has 114 valence electrons. The van der Waals surface area contributed by atoms with E-state index in [4.69, 9.17) is 4.42 Å². The van der Waals surface area contributed by atoms with Crippen LogP contribution in [0, 0.1) is 0 Å². The highest BCUT2D eigenvalue weighted by atomic mass is 32.2. The summed E-state index contributed by atoms with van der Waals surface area (Å²) in [5, 5.41) is 1.51. The van der Waals surface area contributed by atoms with Crippen LogP contribution >= 0.6 is 21.0 Å². The molecule has 3 aromatic rings. The van der Waals surface area contributed by atoms with E-state index in [0.717, 1.165) is 34.7 Å². The van der Waals surface area contributed by atoms with Gasteiger partial charge in [-0.1, -0.05) is 49.0 Å². The summed E-state index contributed by atoms with van der Waals surface area (Å²) in [6.07, 6.45) is 2.73. The summed E-state index contributed by atoms with van der Waals surface area (Å²) >= 11 is 1.63. The van der Waals surface area contributed by atoms with Crippen molar-refractivity contribution >= 4 is 32.1 Å². The molecule has 0 aliphatic carbocycles. The number of fused-ring (bicyclic) bond motifs is 1. The van der Waals surface area contributed by atoms with Gasteiger partial charge in [0.25, 0.3) is 0 Å². The van der Waals surface area contributed by atoms with Crippen molar-refractivity contribution in [2.45, 2.75) is 18.6 Å². The average Bonchev–Trinajstić information content (AvgIpc) is 2.92. The second-order valence-corrected chi connectivity index (χ2v) is 6.72. The summed E-state index contributed by atoms with van der Waals surface area (Å²) in [5.74, 6) is 0.900. The Balaban J connectivity index is 2.35. The summed E-state index contributed by atoms with van der Waals surface area (Å²) in [5.41, 5.74) is 2.63. The maximum atomic E-state index is 12.5. The van der Waals surface area contributed by atoms with E-state index < -0.39 is 0 Å². The fourth-order valence-corrected chi connectivity index (χ4v) is 3.60. The Hall–Kier alpha value is -1.51. The van der Waals surface area contributed by atoms with Gasteiger partial charge in [-0.15, -0.1) is 9.24 Å². The highest BCUT2D eigenvalue weighted by Crippen LogP contribution is 2.38. The third kappa shape index (κ3) is 2.73. The monoisotopic (exact) mass is 331 g/mol. The minimum absolute atomic E-state index is 0.0144. The first-order chi connectivity index (χ1) is 10.8. The van der Waals surface area contributed by atoms with Crippen LogP contribution in [-0.2, 0) is 6.54 Å². The molecule has 0 aliphatic rings. The fourth-order valence-electron chi connectivity index (χ4n) is 2.55. The van der Waals surface area contributed by atoms with E-state index in [9.17, 15) is 4.79 Å². The summed E-state index contributed by atoms with van der Waals surface area (Å²) in [6, 6.07) is 11.6. The van der Waals surface area contributed by atoms with Crippen molar-refractivity contribution < 1.29 is 4.42 Å². The van der Waals surface area contributed by atoms with Crippen LogP contribution in [0.4, 0.5) is 0 Å². The zero-order valence-electron chi connectivity index (χ0n) is 12.4. The highest BCUT2D eigenvalue weighted by Gasteiger charge is 2.20. The van der Waals surface area contributed by atoms with Crippen molar-refractivity contribution in [2.75, 3.05) is 11.9 Å². The molecule has 0 N–H and O–H groups in total. The van der Waals surface area contributed by atoms with Gasteiger partial charge in [0.05, 0.1) is 5.39 Å². The predicted molar refractivity (Wildman–Crippen MR) is 96.9 cm³/mol. The van der Waals surface area contributed by atoms with Gasteiger partial charge in [-0.05, 0) is 17.5 Å². The number of hydrogen-bond acceptors (Lipinski definition) is 3. The lowest BCUT2D eigenvalue weighted by Gasteiger charge is -2.04. The Bertz CT molecular complexity index is 839. The van der Waals surface area contributed by atoms with Gasteiger partial charge in [-0.2, -0.15) is 0 Å². The highest BCUT2D eigenvalue weighted by molar-refractivity contribution is 7.99. The van der Waals surface area contributed by atoms with Crippen molar-refractivity contribution in [3.05, 3.63) is 52.8 Å². The maximum absolute atomic E-state index is 12.5. The number of nitrogens with zero attached hydrogens (tertiary/aromatic N) is 1. The summed E-state index contributed by atoms with van der Waals surface area (Å²) in [6.45, 7) is 2.89. The van der Waals surface area contributed by atoms with Gasteiger partial charge >= 0.3 is 0 Å². The van der Waals surface area contributed by atoms with E-state index in [-0.39, 0.29) is 5.43 Å². The molecule has 1 aromatic carbocycles. The Morgan fingerprint density at radius 2 is 2.00 bits per heavy atom. The van der Waals surface area contributed by atoms with Gasteiger partial charge in [0.1, 0.15) is 0 Å². The maximum Gasteiger partial charge on any atom is 0.212 e. The lowest BCUT2D eigenvalue weighted by molar-refractivity contribution is 0.488. The van der Waals surface area contributed by atoms with Crippen molar-refractivity contribution in [3.63, 3.8) is 0 Å². The molecule has 0 aliphatic heterocycles. The molecule has 0 fully saturated rings. The van der Waals surface area contributed by atoms with Crippen molar-refractivity contribution in [1.82, 2.24) is 4.57 Å². The molecule has 1 atom stereocenters. The van der Waals surface area contributed by atoms with Crippen LogP contribution in [-0.4, -0.2) is 16.5 Å². The Morgan fingerprint density at radius 3 is 2.68 bits per heavy atom. The zero-order valence-corrected chi connectivity index (χ0v) is 14.4. The van der Waals surface area contributed by atoms with E-state index in [1.165, 1.54) is 0 Å². The molecule has 3 rings (SSSR count). The molecular formula is C17H18NO2PS. The summed E-state index contributed by atoms with van der Waals surface area (Å²) < 4.78 is 8.09. The van der Waals surface area contributed by atoms with Crippen LogP contribution in [0.1, 0.15) is 6.92 Å². The van der Waals surface area contributed by atoms with Crippen LogP contribution in [0.15, 0.2) is 56.9 Å². The largest absolute Gasteiger partial charge is 0.432 e. The van der Waals surface area contributed by atoms with Crippen molar-refractivity contribution in [2.24, 2.45) is 0 Å². The quantitative estimate of drug-likeness (QED) is 0.518. The van der Waals surface area contributed by atoms with Crippen LogP contribution in [0.25, 0.3) is 22.2 Å². The number of furan rings is 1. The summed E-state index contributed by atoms with van der Waals surface area (Å²) in [4.78, 5) is 12.5. The third-order valence-electron chi connectivity index (χ3n) is 3.48. The first kappa shape index (κ1) is 15.4. The molecule has 0 radical (unpaired) electrons. The molecule has 0 amide bonds. The minimum Gasteiger partial charge on any atom is -0.432 e. The molecule has 22 heavy (non-hydrogen) atoms. The first-order valence-corrected chi connectivity index (χ1v) is 9.10. The minimum atomic E-state index is 0.0144. The molecule has 2 heterocycles. The number of aryl methyl sites for hydroxylation is 1. The molecule has 2 aromatic heterocycles. The second-order valence-electron chi connectivity index (χ2n) is 4.91. The van der Waals surface area contributed by atoms with Gasteiger partial charge < -0.3 is 8.98 Å². The van der Waals surface area contributed by atoms with Crippen LogP contribution in [0.2, 0.25) is 0 Å².